The lowest BCUT2D eigenvalue weighted by Gasteiger charge is -2.29. The molecule has 0 bridgehead atoms. The van der Waals surface area contributed by atoms with E-state index in [0.717, 1.165) is 67.7 Å². The Kier molecular flexibility index (Phi) is 5.24. The monoisotopic (exact) mass is 418 g/mol. The zero-order valence-corrected chi connectivity index (χ0v) is 17.4. The number of carboxylic acid groups (broad SMARTS) is 1. The van der Waals surface area contributed by atoms with Crippen molar-refractivity contribution in [3.63, 3.8) is 0 Å². The quantitative estimate of drug-likeness (QED) is 0.723. The highest BCUT2D eigenvalue weighted by atomic mass is 16.5. The molecule has 0 radical (unpaired) electrons. The van der Waals surface area contributed by atoms with Gasteiger partial charge in [-0.1, -0.05) is 36.4 Å². The number of anilines is 1. The summed E-state index contributed by atoms with van der Waals surface area (Å²) >= 11 is 0. The molecule has 3 heterocycles. The molecule has 6 nitrogen and oxygen atoms in total. The summed E-state index contributed by atoms with van der Waals surface area (Å²) in [6.45, 7) is 3.22. The summed E-state index contributed by atoms with van der Waals surface area (Å²) in [5, 5.41) is 12.0. The first kappa shape index (κ1) is 19.8. The molecule has 1 amide bonds. The number of rotatable bonds is 5. The molecule has 0 atom stereocenters. The molecular formula is C25H26N2O4. The summed E-state index contributed by atoms with van der Waals surface area (Å²) in [6.07, 6.45) is 3.52. The number of carbonyl (C=O) groups excluding carboxylic acids is 1. The van der Waals surface area contributed by atoms with Crippen molar-refractivity contribution in [3.8, 4) is 0 Å². The van der Waals surface area contributed by atoms with Gasteiger partial charge in [0.1, 0.15) is 12.4 Å². The van der Waals surface area contributed by atoms with E-state index >= 15 is 0 Å². The van der Waals surface area contributed by atoms with Crippen LogP contribution in [0.25, 0.3) is 11.3 Å². The van der Waals surface area contributed by atoms with Gasteiger partial charge in [0.15, 0.2) is 0 Å². The van der Waals surface area contributed by atoms with Gasteiger partial charge in [0.25, 0.3) is 5.91 Å². The van der Waals surface area contributed by atoms with E-state index in [4.69, 9.17) is 9.84 Å². The van der Waals surface area contributed by atoms with Crippen molar-refractivity contribution in [3.05, 3.63) is 64.7 Å². The third-order valence-electron chi connectivity index (χ3n) is 6.56. The second kappa shape index (κ2) is 8.19. The minimum atomic E-state index is -0.659. The summed E-state index contributed by atoms with van der Waals surface area (Å²) in [5.74, 6) is -0.275. The zero-order chi connectivity index (χ0) is 21.4. The number of ether oxygens (including phenoxy) is 1. The predicted molar refractivity (Wildman–Crippen MR) is 118 cm³/mol. The Bertz CT molecular complexity index is 1070. The van der Waals surface area contributed by atoms with E-state index in [1.165, 1.54) is 5.56 Å². The number of benzene rings is 2. The van der Waals surface area contributed by atoms with Gasteiger partial charge in [0.05, 0.1) is 11.5 Å². The Hall–Kier alpha value is -3.12. The Balaban J connectivity index is 1.25. The van der Waals surface area contributed by atoms with Gasteiger partial charge >= 0.3 is 5.97 Å². The van der Waals surface area contributed by atoms with Crippen LogP contribution in [0.2, 0.25) is 0 Å². The summed E-state index contributed by atoms with van der Waals surface area (Å²) in [5.41, 5.74) is 5.74. The fourth-order valence-corrected chi connectivity index (χ4v) is 4.83. The first-order valence-corrected chi connectivity index (χ1v) is 11.0. The summed E-state index contributed by atoms with van der Waals surface area (Å²) in [7, 11) is 0. The molecule has 0 saturated carbocycles. The van der Waals surface area contributed by atoms with Gasteiger partial charge < -0.3 is 20.1 Å². The first-order chi connectivity index (χ1) is 15.1. The minimum Gasteiger partial charge on any atom is -0.487 e. The number of hydrogen-bond acceptors (Lipinski definition) is 4. The van der Waals surface area contributed by atoms with Crippen molar-refractivity contribution in [1.29, 1.82) is 0 Å². The maximum Gasteiger partial charge on any atom is 0.306 e. The predicted octanol–water partition coefficient (Wildman–Crippen LogP) is 3.77. The smallest absolute Gasteiger partial charge is 0.306 e. The molecule has 2 aromatic carbocycles. The first-order valence-electron chi connectivity index (χ1n) is 11.0. The number of carbonyl (C=O) groups is 2. The van der Waals surface area contributed by atoms with Gasteiger partial charge in [0.2, 0.25) is 0 Å². The lowest BCUT2D eigenvalue weighted by atomic mass is 9.96. The minimum absolute atomic E-state index is 0.111. The second-order valence-corrected chi connectivity index (χ2v) is 8.54. The van der Waals surface area contributed by atoms with Crippen LogP contribution in [-0.4, -0.2) is 41.5 Å². The molecule has 0 aliphatic carbocycles. The lowest BCUT2D eigenvalue weighted by molar-refractivity contribution is -0.143. The molecule has 0 aromatic heterocycles. The van der Waals surface area contributed by atoms with Crippen LogP contribution in [0.1, 0.15) is 41.5 Å². The molecule has 1 saturated heterocycles. The van der Waals surface area contributed by atoms with Crippen molar-refractivity contribution in [1.82, 2.24) is 4.90 Å². The number of piperidine rings is 1. The fraction of sp³-hybridized carbons (Fsp3) is 0.360. The number of hydrogen-bond donors (Lipinski definition) is 2. The summed E-state index contributed by atoms with van der Waals surface area (Å²) < 4.78 is 5.98. The van der Waals surface area contributed by atoms with Crippen LogP contribution >= 0.6 is 0 Å². The number of nitrogens with zero attached hydrogens (tertiary/aromatic N) is 1. The van der Waals surface area contributed by atoms with Crippen LogP contribution in [0.15, 0.2) is 42.5 Å². The molecule has 6 heteroatoms. The molecule has 3 aliphatic rings. The number of amides is 1. The average Bonchev–Trinajstić information content (AvgIpc) is 3.33. The fourth-order valence-electron chi connectivity index (χ4n) is 4.83. The van der Waals surface area contributed by atoms with Crippen LogP contribution in [0.3, 0.4) is 0 Å². The number of aryl methyl sites for hydroxylation is 1. The maximum absolute atomic E-state index is 12.6. The van der Waals surface area contributed by atoms with Gasteiger partial charge in [-0.05, 0) is 56.9 Å². The number of likely N-dealkylation sites (tertiary alicyclic amines) is 1. The van der Waals surface area contributed by atoms with Crippen LogP contribution in [0.4, 0.5) is 5.69 Å². The van der Waals surface area contributed by atoms with Crippen molar-refractivity contribution in [2.45, 2.75) is 32.3 Å². The van der Waals surface area contributed by atoms with E-state index in [9.17, 15) is 9.59 Å². The molecule has 2 aromatic rings. The molecule has 31 heavy (non-hydrogen) atoms. The van der Waals surface area contributed by atoms with Crippen LogP contribution in [0, 0.1) is 5.92 Å². The number of carboxylic acids is 1. The third-order valence-corrected chi connectivity index (χ3v) is 6.56. The van der Waals surface area contributed by atoms with E-state index in [1.807, 2.05) is 24.3 Å². The highest BCUT2D eigenvalue weighted by Gasteiger charge is 2.32. The van der Waals surface area contributed by atoms with Crippen molar-refractivity contribution in [2.24, 2.45) is 5.92 Å². The molecule has 2 N–H and O–H groups in total. The molecule has 5 rings (SSSR count). The van der Waals surface area contributed by atoms with E-state index < -0.39 is 5.97 Å². The second-order valence-electron chi connectivity index (χ2n) is 8.54. The van der Waals surface area contributed by atoms with Gasteiger partial charge in [-0.25, -0.2) is 0 Å². The highest BCUT2D eigenvalue weighted by Crippen LogP contribution is 2.41. The van der Waals surface area contributed by atoms with Crippen LogP contribution in [0.5, 0.6) is 0 Å². The van der Waals surface area contributed by atoms with E-state index in [-0.39, 0.29) is 11.8 Å². The maximum atomic E-state index is 12.6. The topological polar surface area (TPSA) is 78.9 Å². The Labute approximate surface area is 181 Å². The van der Waals surface area contributed by atoms with Gasteiger partial charge in [-0.2, -0.15) is 0 Å². The summed E-state index contributed by atoms with van der Waals surface area (Å²) in [6, 6.07) is 14.1. The number of para-hydroxylation sites is 1. The SMILES string of the molecule is O=C1Nc2ccccc2/C1=C1\OCc2cc(CCCN3CCC(C(=O)O)CC3)ccc21. The molecule has 0 spiro atoms. The normalized spacial score (nSPS) is 20.8. The molecular weight excluding hydrogens is 392 g/mol. The average molecular weight is 418 g/mol. The Morgan fingerprint density at radius 3 is 2.74 bits per heavy atom. The van der Waals surface area contributed by atoms with Crippen molar-refractivity contribution < 1.29 is 19.4 Å². The van der Waals surface area contributed by atoms with Crippen LogP contribution in [-0.2, 0) is 27.4 Å². The summed E-state index contributed by atoms with van der Waals surface area (Å²) in [4.78, 5) is 26.0. The standard InChI is InChI=1S/C25H26N2O4/c28-24-22(20-5-1-2-6-21(20)26-24)23-19-8-7-16(14-18(19)15-31-23)4-3-11-27-12-9-17(10-13-27)25(29)30/h1-2,5-8,14,17H,3-4,9-13,15H2,(H,26,28)(H,29,30)/b23-22+. The molecule has 1 fully saturated rings. The molecule has 0 unspecified atom stereocenters. The van der Waals surface area contributed by atoms with Gasteiger partial charge in [-0.3, -0.25) is 9.59 Å². The van der Waals surface area contributed by atoms with Crippen molar-refractivity contribution >= 4 is 28.9 Å². The Morgan fingerprint density at radius 1 is 1.13 bits per heavy atom. The lowest BCUT2D eigenvalue weighted by Crippen LogP contribution is -2.36. The van der Waals surface area contributed by atoms with E-state index in [2.05, 4.69) is 28.4 Å². The number of nitrogens with one attached hydrogen (secondary N) is 1. The highest BCUT2D eigenvalue weighted by molar-refractivity contribution is 6.36. The van der Waals surface area contributed by atoms with Gasteiger partial charge in [0, 0.05) is 22.4 Å². The van der Waals surface area contributed by atoms with E-state index in [0.29, 0.717) is 17.9 Å². The van der Waals surface area contributed by atoms with Gasteiger partial charge in [-0.15, -0.1) is 0 Å². The zero-order valence-electron chi connectivity index (χ0n) is 17.4. The van der Waals surface area contributed by atoms with E-state index in [1.54, 1.807) is 0 Å². The third kappa shape index (κ3) is 3.83. The molecule has 160 valence electrons. The number of fused-ring (bicyclic) bond motifs is 2. The molecule has 3 aliphatic heterocycles. The largest absolute Gasteiger partial charge is 0.487 e. The van der Waals surface area contributed by atoms with Crippen molar-refractivity contribution in [2.75, 3.05) is 25.0 Å². The Morgan fingerprint density at radius 2 is 1.94 bits per heavy atom. The number of aliphatic carboxylic acids is 1. The van der Waals surface area contributed by atoms with Crippen LogP contribution < -0.4 is 5.32 Å².